The zero-order chi connectivity index (χ0) is 8.65. The molecule has 0 N–H and O–H groups in total. The van der Waals surface area contributed by atoms with Crippen LogP contribution in [0.15, 0.2) is 11.1 Å². The van der Waals surface area contributed by atoms with Crippen LogP contribution in [0.3, 0.4) is 0 Å². The molecule has 2 nitrogen and oxygen atoms in total. The Bertz CT molecular complexity index is 224. The first-order valence-corrected chi connectivity index (χ1v) is 3.77. The van der Waals surface area contributed by atoms with E-state index in [1.54, 1.807) is 0 Å². The van der Waals surface area contributed by atoms with Gasteiger partial charge in [-0.15, -0.1) is 0 Å². The van der Waals surface area contributed by atoms with E-state index in [-0.39, 0.29) is 11.4 Å². The Balaban J connectivity index is 2.81. The van der Waals surface area contributed by atoms with Crippen LogP contribution in [-0.2, 0) is 9.53 Å². The van der Waals surface area contributed by atoms with E-state index in [9.17, 15) is 4.79 Å². The van der Waals surface area contributed by atoms with E-state index in [1.165, 1.54) is 12.7 Å². The van der Waals surface area contributed by atoms with Crippen LogP contribution in [0.5, 0.6) is 0 Å². The summed E-state index contributed by atoms with van der Waals surface area (Å²) >= 11 is 0. The van der Waals surface area contributed by atoms with Crippen molar-refractivity contribution in [2.24, 2.45) is 5.41 Å². The van der Waals surface area contributed by atoms with Crippen LogP contribution in [0, 0.1) is 5.41 Å². The van der Waals surface area contributed by atoms with Crippen LogP contribution in [0.4, 0.5) is 0 Å². The van der Waals surface area contributed by atoms with Crippen LogP contribution in [-0.4, -0.2) is 13.1 Å². The fraction of sp³-hybridized carbons (Fsp3) is 0.667. The number of esters is 1. The molecule has 2 heteroatoms. The molecule has 0 aliphatic heterocycles. The van der Waals surface area contributed by atoms with Gasteiger partial charge in [-0.25, -0.2) is 4.79 Å². The highest BCUT2D eigenvalue weighted by molar-refractivity contribution is 5.91. The van der Waals surface area contributed by atoms with Gasteiger partial charge < -0.3 is 4.74 Å². The normalized spacial score (nSPS) is 21.1. The minimum absolute atomic E-state index is 0.165. The van der Waals surface area contributed by atoms with Gasteiger partial charge in [-0.3, -0.25) is 0 Å². The molecule has 0 bridgehead atoms. The lowest BCUT2D eigenvalue weighted by Crippen LogP contribution is -2.30. The molecule has 0 fully saturated rings. The molecule has 0 aromatic heterocycles. The zero-order valence-electron chi connectivity index (χ0n) is 7.52. The Kier molecular flexibility index (Phi) is 1.78. The van der Waals surface area contributed by atoms with E-state index in [0.717, 1.165) is 12.0 Å². The van der Waals surface area contributed by atoms with Crippen molar-refractivity contribution in [1.82, 2.24) is 0 Å². The Labute approximate surface area is 67.2 Å². The first kappa shape index (κ1) is 8.31. The molecule has 0 amide bonds. The molecule has 0 aromatic rings. The van der Waals surface area contributed by atoms with Gasteiger partial charge in [0.05, 0.1) is 7.11 Å². The van der Waals surface area contributed by atoms with Gasteiger partial charge in [0, 0.05) is 5.57 Å². The largest absolute Gasteiger partial charge is 0.466 e. The summed E-state index contributed by atoms with van der Waals surface area (Å²) < 4.78 is 4.62. The summed E-state index contributed by atoms with van der Waals surface area (Å²) in [7, 11) is 1.42. The van der Waals surface area contributed by atoms with Gasteiger partial charge in [-0.1, -0.05) is 19.4 Å². The first-order valence-electron chi connectivity index (χ1n) is 3.77. The van der Waals surface area contributed by atoms with Crippen molar-refractivity contribution in [2.45, 2.75) is 27.2 Å². The fourth-order valence-corrected chi connectivity index (χ4v) is 1.36. The maximum absolute atomic E-state index is 11.0. The summed E-state index contributed by atoms with van der Waals surface area (Å²) in [6.07, 6.45) is 0.853. The highest BCUT2D eigenvalue weighted by Crippen LogP contribution is 2.45. The number of hydrogen-bond donors (Lipinski definition) is 0. The second kappa shape index (κ2) is 2.36. The van der Waals surface area contributed by atoms with Crippen molar-refractivity contribution in [3.05, 3.63) is 11.1 Å². The lowest BCUT2D eigenvalue weighted by atomic mass is 9.67. The summed E-state index contributed by atoms with van der Waals surface area (Å²) in [5.41, 5.74) is 2.24. The number of carbonyl (C=O) groups excluding carboxylic acids is 1. The Morgan fingerprint density at radius 2 is 2.09 bits per heavy atom. The Morgan fingerprint density at radius 1 is 1.55 bits per heavy atom. The van der Waals surface area contributed by atoms with Crippen LogP contribution in [0.2, 0.25) is 0 Å². The molecule has 11 heavy (non-hydrogen) atoms. The van der Waals surface area contributed by atoms with E-state index < -0.39 is 0 Å². The summed E-state index contributed by atoms with van der Waals surface area (Å²) in [4.78, 5) is 11.0. The molecule has 0 spiro atoms. The first-order chi connectivity index (χ1) is 4.99. The number of carbonyl (C=O) groups is 1. The second-order valence-electron chi connectivity index (χ2n) is 3.66. The summed E-state index contributed by atoms with van der Waals surface area (Å²) in [5, 5.41) is 0. The van der Waals surface area contributed by atoms with E-state index in [4.69, 9.17) is 0 Å². The third-order valence-electron chi connectivity index (χ3n) is 2.52. The van der Waals surface area contributed by atoms with Crippen LogP contribution < -0.4 is 0 Å². The van der Waals surface area contributed by atoms with Crippen LogP contribution in [0.1, 0.15) is 27.2 Å². The van der Waals surface area contributed by atoms with Gasteiger partial charge in [0.2, 0.25) is 0 Å². The minimum Gasteiger partial charge on any atom is -0.466 e. The van der Waals surface area contributed by atoms with Gasteiger partial charge in [0.25, 0.3) is 0 Å². The van der Waals surface area contributed by atoms with Crippen molar-refractivity contribution < 1.29 is 9.53 Å². The SMILES string of the molecule is COC(=O)C1=C(C)C(C)(C)C1. The lowest BCUT2D eigenvalue weighted by Gasteiger charge is -2.37. The molecule has 0 heterocycles. The van der Waals surface area contributed by atoms with Crippen molar-refractivity contribution in [3.63, 3.8) is 0 Å². The molecule has 62 valence electrons. The van der Waals surface area contributed by atoms with Crippen molar-refractivity contribution in [1.29, 1.82) is 0 Å². The molecule has 0 saturated heterocycles. The minimum atomic E-state index is -0.165. The second-order valence-corrected chi connectivity index (χ2v) is 3.66. The van der Waals surface area contributed by atoms with Gasteiger partial charge in [-0.2, -0.15) is 0 Å². The van der Waals surface area contributed by atoms with Gasteiger partial charge in [0.15, 0.2) is 0 Å². The molecule has 1 aliphatic carbocycles. The summed E-state index contributed by atoms with van der Waals surface area (Å²) in [5.74, 6) is -0.165. The standard InChI is InChI=1S/C9H14O2/c1-6-7(8(10)11-4)5-9(6,2)3/h5H2,1-4H3. The third-order valence-corrected chi connectivity index (χ3v) is 2.52. The fourth-order valence-electron chi connectivity index (χ4n) is 1.36. The maximum atomic E-state index is 11.0. The third kappa shape index (κ3) is 1.17. The number of rotatable bonds is 1. The predicted molar refractivity (Wildman–Crippen MR) is 43.1 cm³/mol. The number of allylic oxidation sites excluding steroid dienone is 1. The number of hydrogen-bond acceptors (Lipinski definition) is 2. The van der Waals surface area contributed by atoms with E-state index in [0.29, 0.717) is 0 Å². The van der Waals surface area contributed by atoms with E-state index in [1.807, 2.05) is 6.92 Å². The van der Waals surface area contributed by atoms with Gasteiger partial charge in [-0.05, 0) is 18.8 Å². The van der Waals surface area contributed by atoms with E-state index in [2.05, 4.69) is 18.6 Å². The van der Waals surface area contributed by atoms with Crippen molar-refractivity contribution >= 4 is 5.97 Å². The van der Waals surface area contributed by atoms with E-state index >= 15 is 0 Å². The lowest BCUT2D eigenvalue weighted by molar-refractivity contribution is -0.137. The average Bonchev–Trinajstić information content (AvgIpc) is 1.98. The molecule has 0 unspecified atom stereocenters. The Hall–Kier alpha value is -0.790. The molecule has 0 atom stereocenters. The zero-order valence-corrected chi connectivity index (χ0v) is 7.52. The highest BCUT2D eigenvalue weighted by atomic mass is 16.5. The predicted octanol–water partition coefficient (Wildman–Crippen LogP) is 1.91. The van der Waals surface area contributed by atoms with Crippen LogP contribution in [0.25, 0.3) is 0 Å². The quantitative estimate of drug-likeness (QED) is 0.539. The smallest absolute Gasteiger partial charge is 0.333 e. The molecular formula is C9H14O2. The van der Waals surface area contributed by atoms with Crippen molar-refractivity contribution in [3.8, 4) is 0 Å². The molecule has 0 radical (unpaired) electrons. The van der Waals surface area contributed by atoms with Crippen LogP contribution >= 0.6 is 0 Å². The molecular weight excluding hydrogens is 140 g/mol. The van der Waals surface area contributed by atoms with Gasteiger partial charge >= 0.3 is 5.97 Å². The Morgan fingerprint density at radius 3 is 2.36 bits per heavy atom. The molecule has 1 rings (SSSR count). The average molecular weight is 154 g/mol. The molecule has 0 aromatic carbocycles. The van der Waals surface area contributed by atoms with Crippen molar-refractivity contribution in [2.75, 3.05) is 7.11 Å². The molecule has 0 saturated carbocycles. The van der Waals surface area contributed by atoms with Gasteiger partial charge in [0.1, 0.15) is 0 Å². The molecule has 1 aliphatic rings. The number of ether oxygens (including phenoxy) is 1. The summed E-state index contributed by atoms with van der Waals surface area (Å²) in [6.45, 7) is 6.26. The highest BCUT2D eigenvalue weighted by Gasteiger charge is 2.37. The topological polar surface area (TPSA) is 26.3 Å². The number of methoxy groups -OCH3 is 1. The maximum Gasteiger partial charge on any atom is 0.333 e. The summed E-state index contributed by atoms with van der Waals surface area (Å²) in [6, 6.07) is 0. The monoisotopic (exact) mass is 154 g/mol.